The summed E-state index contributed by atoms with van der Waals surface area (Å²) in [7, 11) is 0. The maximum Gasteiger partial charge on any atom is 0.335 e. The van der Waals surface area contributed by atoms with E-state index < -0.39 is 5.97 Å². The number of aromatic nitrogens is 4. The van der Waals surface area contributed by atoms with Crippen molar-refractivity contribution in [1.29, 1.82) is 0 Å². The molecule has 9 rings (SSSR count). The Bertz CT molecular complexity index is 2990. The molecule has 0 unspecified atom stereocenters. The lowest BCUT2D eigenvalue weighted by molar-refractivity contribution is 0.0697. The van der Waals surface area contributed by atoms with E-state index in [9.17, 15) is 9.90 Å². The molecule has 8 bridgehead atoms. The SMILES string of the molecule is C=CCC(CC=C)(CC=C)c1ccc(-c2c3nc(c(-c4ccc(C)cc4)c4ccc([nH]4)c(-c4ccc(C(=O)O)cc4)c4ccc([nH]4)c(-c4ccc(C)cc4)c4nc2C=C4)C=C3)cc1. The van der Waals surface area contributed by atoms with Crippen LogP contribution >= 0.6 is 0 Å². The average Bonchev–Trinajstić information content (AvgIpc) is 4.14. The molecule has 0 atom stereocenters. The molecule has 63 heavy (non-hydrogen) atoms. The Labute approximate surface area is 368 Å². The first-order valence-electron chi connectivity index (χ1n) is 21.3. The van der Waals surface area contributed by atoms with E-state index in [4.69, 9.17) is 9.97 Å². The zero-order valence-electron chi connectivity index (χ0n) is 35.6. The summed E-state index contributed by atoms with van der Waals surface area (Å²) < 4.78 is 0. The second-order valence-electron chi connectivity index (χ2n) is 16.5. The number of H-pyrrole nitrogens is 2. The number of aromatic carboxylic acids is 1. The van der Waals surface area contributed by atoms with Gasteiger partial charge in [0.2, 0.25) is 0 Å². The summed E-state index contributed by atoms with van der Waals surface area (Å²) in [5.41, 5.74) is 18.0. The maximum absolute atomic E-state index is 11.9. The molecule has 0 saturated heterocycles. The molecule has 6 nitrogen and oxygen atoms in total. The number of carboxylic acids is 1. The molecule has 308 valence electrons. The van der Waals surface area contributed by atoms with E-state index in [2.05, 4.69) is 165 Å². The fourth-order valence-corrected chi connectivity index (χ4v) is 9.06. The molecule has 0 fully saturated rings. The zero-order valence-corrected chi connectivity index (χ0v) is 35.6. The molecule has 4 aromatic carbocycles. The van der Waals surface area contributed by atoms with E-state index in [1.165, 1.54) is 5.56 Å². The highest BCUT2D eigenvalue weighted by molar-refractivity contribution is 6.00. The number of nitrogens with one attached hydrogen (secondary N) is 2. The van der Waals surface area contributed by atoms with E-state index >= 15 is 0 Å². The molecule has 0 aliphatic carbocycles. The van der Waals surface area contributed by atoms with Gasteiger partial charge in [0.05, 0.1) is 28.3 Å². The molecule has 3 N–H and O–H groups in total. The molecule has 0 saturated carbocycles. The van der Waals surface area contributed by atoms with E-state index in [-0.39, 0.29) is 11.0 Å². The highest BCUT2D eigenvalue weighted by Gasteiger charge is 2.29. The van der Waals surface area contributed by atoms with Gasteiger partial charge in [-0.15, -0.1) is 19.7 Å². The van der Waals surface area contributed by atoms with E-state index in [0.717, 1.165) is 120 Å². The Morgan fingerprint density at radius 1 is 0.492 bits per heavy atom. The third kappa shape index (κ3) is 7.72. The Hall–Kier alpha value is -7.83. The average molecular weight is 821 g/mol. The largest absolute Gasteiger partial charge is 0.478 e. The van der Waals surface area contributed by atoms with Crippen LogP contribution < -0.4 is 0 Å². The highest BCUT2D eigenvalue weighted by atomic mass is 16.4. The van der Waals surface area contributed by atoms with Crippen molar-refractivity contribution >= 4 is 52.3 Å². The van der Waals surface area contributed by atoms with Crippen LogP contribution in [0.3, 0.4) is 0 Å². The Balaban J connectivity index is 1.40. The Kier molecular flexibility index (Phi) is 10.9. The fraction of sp³-hybridized carbons (Fsp3) is 0.105. The number of hydrogen-bond donors (Lipinski definition) is 3. The summed E-state index contributed by atoms with van der Waals surface area (Å²) in [6, 6.07) is 41.3. The van der Waals surface area contributed by atoms with Gasteiger partial charge in [-0.05, 0) is 122 Å². The molecule has 2 aliphatic heterocycles. The van der Waals surface area contributed by atoms with Crippen molar-refractivity contribution in [2.45, 2.75) is 38.5 Å². The van der Waals surface area contributed by atoms with Gasteiger partial charge in [-0.2, -0.15) is 0 Å². The van der Waals surface area contributed by atoms with Crippen molar-refractivity contribution < 1.29 is 9.90 Å². The van der Waals surface area contributed by atoms with Gasteiger partial charge in [-0.3, -0.25) is 0 Å². The first-order chi connectivity index (χ1) is 30.7. The third-order valence-electron chi connectivity index (χ3n) is 12.2. The predicted molar refractivity (Wildman–Crippen MR) is 263 cm³/mol. The smallest absolute Gasteiger partial charge is 0.335 e. The van der Waals surface area contributed by atoms with Crippen LogP contribution in [0.2, 0.25) is 0 Å². The molecular formula is C57H48N4O2. The van der Waals surface area contributed by atoms with Crippen LogP contribution in [-0.4, -0.2) is 31.0 Å². The lowest BCUT2D eigenvalue weighted by Gasteiger charge is -2.32. The van der Waals surface area contributed by atoms with Gasteiger partial charge in [-0.1, -0.05) is 114 Å². The monoisotopic (exact) mass is 820 g/mol. The minimum Gasteiger partial charge on any atom is -0.478 e. The molecule has 0 amide bonds. The zero-order chi connectivity index (χ0) is 43.7. The number of carbonyl (C=O) groups is 1. The number of benzene rings is 4. The molecule has 6 heteroatoms. The first-order valence-corrected chi connectivity index (χ1v) is 21.3. The third-order valence-corrected chi connectivity index (χ3v) is 12.2. The van der Waals surface area contributed by atoms with Crippen LogP contribution in [0.1, 0.15) is 69.1 Å². The number of carboxylic acid groups (broad SMARTS) is 1. The van der Waals surface area contributed by atoms with Gasteiger partial charge in [0.1, 0.15) is 0 Å². The second kappa shape index (κ2) is 16.9. The lowest BCUT2D eigenvalue weighted by atomic mass is 9.72. The molecular weight excluding hydrogens is 773 g/mol. The molecule has 5 heterocycles. The molecule has 7 aromatic rings. The van der Waals surface area contributed by atoms with Crippen LogP contribution in [-0.2, 0) is 5.41 Å². The minimum atomic E-state index is -0.971. The highest BCUT2D eigenvalue weighted by Crippen LogP contribution is 2.41. The van der Waals surface area contributed by atoms with Crippen molar-refractivity contribution in [3.8, 4) is 44.5 Å². The molecule has 0 spiro atoms. The predicted octanol–water partition coefficient (Wildman–Crippen LogP) is 14.6. The van der Waals surface area contributed by atoms with Gasteiger partial charge in [0.25, 0.3) is 0 Å². The molecule has 3 aromatic heterocycles. The van der Waals surface area contributed by atoms with Crippen molar-refractivity contribution in [1.82, 2.24) is 19.9 Å². The summed E-state index contributed by atoms with van der Waals surface area (Å²) in [6.07, 6.45) is 16.8. The normalized spacial score (nSPS) is 12.0. The number of rotatable bonds is 12. The van der Waals surface area contributed by atoms with Crippen molar-refractivity contribution in [3.63, 3.8) is 0 Å². The van der Waals surface area contributed by atoms with Crippen LogP contribution in [0.5, 0.6) is 0 Å². The number of allylic oxidation sites excluding steroid dienone is 3. The number of nitrogens with zero attached hydrogens (tertiary/aromatic N) is 2. The van der Waals surface area contributed by atoms with E-state index in [0.29, 0.717) is 0 Å². The van der Waals surface area contributed by atoms with Crippen molar-refractivity contribution in [3.05, 3.63) is 204 Å². The summed E-state index contributed by atoms with van der Waals surface area (Å²) in [5, 5.41) is 9.76. The molecule has 0 radical (unpaired) electrons. The number of hydrogen-bond acceptors (Lipinski definition) is 3. The van der Waals surface area contributed by atoms with E-state index in [1.807, 2.05) is 30.4 Å². The lowest BCUT2D eigenvalue weighted by Crippen LogP contribution is -2.24. The quantitative estimate of drug-likeness (QED) is 0.107. The number of fused-ring (bicyclic) bond motifs is 8. The standard InChI is InChI=1S/C57H48N4O2/c1-6-33-57(34-7-2,35-8-3)43-23-21-41(22-24-43)55-50-31-27-46(60-50)52(38-13-9-36(4)10-14-38)44-25-29-48(58-44)54(40-17-19-42(20-18-40)56(62)63)49-30-26-45(59-49)53(47-28-32-51(55)61-47)39-15-11-37(5)12-16-39/h6-32,58-59H,1-3,33-35H2,4-5H3,(H,62,63). The summed E-state index contributed by atoms with van der Waals surface area (Å²) in [6.45, 7) is 16.5. The van der Waals surface area contributed by atoms with Gasteiger partial charge < -0.3 is 15.1 Å². The van der Waals surface area contributed by atoms with Crippen molar-refractivity contribution in [2.24, 2.45) is 0 Å². The minimum absolute atomic E-state index is 0.189. The summed E-state index contributed by atoms with van der Waals surface area (Å²) in [5.74, 6) is -0.971. The van der Waals surface area contributed by atoms with Crippen LogP contribution in [0, 0.1) is 13.8 Å². The van der Waals surface area contributed by atoms with Gasteiger partial charge in [-0.25, -0.2) is 14.8 Å². The fourth-order valence-electron chi connectivity index (χ4n) is 9.06. The second-order valence-corrected chi connectivity index (χ2v) is 16.5. The molecule has 2 aliphatic rings. The number of aryl methyl sites for hydroxylation is 2. The topological polar surface area (TPSA) is 94.7 Å². The first kappa shape index (κ1) is 40.6. The summed E-state index contributed by atoms with van der Waals surface area (Å²) >= 11 is 0. The Morgan fingerprint density at radius 2 is 0.825 bits per heavy atom. The van der Waals surface area contributed by atoms with Crippen LogP contribution in [0.15, 0.2) is 159 Å². The van der Waals surface area contributed by atoms with Gasteiger partial charge >= 0.3 is 5.97 Å². The Morgan fingerprint density at radius 3 is 1.22 bits per heavy atom. The van der Waals surface area contributed by atoms with Crippen LogP contribution in [0.4, 0.5) is 0 Å². The number of aromatic amines is 2. The van der Waals surface area contributed by atoms with E-state index in [1.54, 1.807) is 12.1 Å². The maximum atomic E-state index is 11.9. The van der Waals surface area contributed by atoms with Crippen LogP contribution in [0.25, 0.3) is 90.9 Å². The van der Waals surface area contributed by atoms with Gasteiger partial charge in [0, 0.05) is 49.7 Å². The van der Waals surface area contributed by atoms with Crippen molar-refractivity contribution in [2.75, 3.05) is 0 Å². The summed E-state index contributed by atoms with van der Waals surface area (Å²) in [4.78, 5) is 30.4. The van der Waals surface area contributed by atoms with Gasteiger partial charge in [0.15, 0.2) is 0 Å².